The van der Waals surface area contributed by atoms with Crippen LogP contribution in [0.5, 0.6) is 5.75 Å². The Morgan fingerprint density at radius 1 is 1.17 bits per heavy atom. The molecule has 3 rings (SSSR count). The Hall–Kier alpha value is -3.31. The Morgan fingerprint density at radius 2 is 1.89 bits per heavy atom. The monoisotopic (exact) mass is 513 g/mol. The third-order valence-corrected chi connectivity index (χ3v) is 5.25. The van der Waals surface area contributed by atoms with E-state index in [2.05, 4.69) is 10.1 Å². The summed E-state index contributed by atoms with van der Waals surface area (Å²) in [4.78, 5) is 29.1. The predicted octanol–water partition coefficient (Wildman–Crippen LogP) is 5.55. The van der Waals surface area contributed by atoms with Crippen molar-refractivity contribution in [1.29, 1.82) is 0 Å². The minimum atomic E-state index is -4.67. The summed E-state index contributed by atoms with van der Waals surface area (Å²) in [6.45, 7) is 7.21. The summed E-state index contributed by atoms with van der Waals surface area (Å²) >= 11 is 0. The van der Waals surface area contributed by atoms with E-state index in [1.807, 2.05) is 0 Å². The number of unbranched alkanes of at least 4 members (excludes halogenated alkanes) is 1. The second kappa shape index (κ2) is 11.2. The predicted molar refractivity (Wildman–Crippen MR) is 121 cm³/mol. The van der Waals surface area contributed by atoms with Gasteiger partial charge in [-0.1, -0.05) is 5.16 Å². The van der Waals surface area contributed by atoms with Crippen LogP contribution >= 0.6 is 0 Å². The molecule has 36 heavy (non-hydrogen) atoms. The highest BCUT2D eigenvalue weighted by Crippen LogP contribution is 2.39. The fraction of sp³-hybridized carbons (Fsp3) is 0.583. The molecule has 0 bridgehead atoms. The fourth-order valence-corrected chi connectivity index (χ4v) is 3.67. The number of carbonyl (C=O) groups excluding carboxylic acids is 2. The van der Waals surface area contributed by atoms with Crippen molar-refractivity contribution in [1.82, 2.24) is 15.0 Å². The Kier molecular flexibility index (Phi) is 8.47. The molecular formula is C24H30F3N3O6. The second-order valence-electron chi connectivity index (χ2n) is 9.39. The van der Waals surface area contributed by atoms with Crippen LogP contribution in [-0.4, -0.2) is 52.5 Å². The third-order valence-electron chi connectivity index (χ3n) is 5.25. The van der Waals surface area contributed by atoms with Crippen LogP contribution in [-0.2, 0) is 20.4 Å². The van der Waals surface area contributed by atoms with Crippen LogP contribution in [0.2, 0.25) is 0 Å². The van der Waals surface area contributed by atoms with Crippen molar-refractivity contribution >= 4 is 12.1 Å². The van der Waals surface area contributed by atoms with Gasteiger partial charge in [0.05, 0.1) is 18.8 Å². The normalized spacial score (nSPS) is 16.2. The van der Waals surface area contributed by atoms with Crippen LogP contribution in [0.4, 0.5) is 18.0 Å². The number of aromatic nitrogens is 2. The molecule has 1 atom stereocenters. The Labute approximate surface area is 206 Å². The average Bonchev–Trinajstić information content (AvgIpc) is 3.43. The van der Waals surface area contributed by atoms with Gasteiger partial charge in [0.15, 0.2) is 0 Å². The van der Waals surface area contributed by atoms with Gasteiger partial charge in [0.1, 0.15) is 17.4 Å². The first-order valence-corrected chi connectivity index (χ1v) is 11.7. The topological polar surface area (TPSA) is 104 Å². The number of amides is 1. The molecule has 0 radical (unpaired) electrons. The van der Waals surface area contributed by atoms with Gasteiger partial charge in [0.2, 0.25) is 11.7 Å². The first-order chi connectivity index (χ1) is 16.8. The highest BCUT2D eigenvalue weighted by molar-refractivity contribution is 5.69. The molecule has 9 nitrogen and oxygen atoms in total. The van der Waals surface area contributed by atoms with Crippen LogP contribution in [0.25, 0.3) is 11.4 Å². The van der Waals surface area contributed by atoms with Gasteiger partial charge in [0.25, 0.3) is 0 Å². The molecule has 0 spiro atoms. The van der Waals surface area contributed by atoms with E-state index in [0.717, 1.165) is 6.07 Å². The van der Waals surface area contributed by atoms with Crippen molar-refractivity contribution in [2.45, 2.75) is 71.2 Å². The fourth-order valence-electron chi connectivity index (χ4n) is 3.67. The number of likely N-dealkylation sites (tertiary alicyclic amines) is 1. The minimum Gasteiger partial charge on any atom is -0.493 e. The number of ether oxygens (including phenoxy) is 3. The van der Waals surface area contributed by atoms with Crippen LogP contribution in [0, 0.1) is 0 Å². The summed E-state index contributed by atoms with van der Waals surface area (Å²) in [5.74, 6) is -0.634. The lowest BCUT2D eigenvalue weighted by Gasteiger charge is -2.26. The Balaban J connectivity index is 1.73. The van der Waals surface area contributed by atoms with Gasteiger partial charge in [-0.15, -0.1) is 0 Å². The molecule has 1 amide bonds. The summed E-state index contributed by atoms with van der Waals surface area (Å²) in [5, 5.41) is 3.85. The lowest BCUT2D eigenvalue weighted by Crippen LogP contribution is -2.36. The third kappa shape index (κ3) is 7.34. The number of rotatable bonds is 8. The van der Waals surface area contributed by atoms with Gasteiger partial charge in [-0.05, 0) is 64.7 Å². The van der Waals surface area contributed by atoms with Crippen LogP contribution in [0.1, 0.15) is 70.9 Å². The molecule has 1 fully saturated rings. The number of benzene rings is 1. The zero-order valence-electron chi connectivity index (χ0n) is 20.7. The quantitative estimate of drug-likeness (QED) is 0.334. The maximum Gasteiger partial charge on any atom is 0.419 e. The molecule has 198 valence electrons. The Morgan fingerprint density at radius 3 is 2.56 bits per heavy atom. The molecular weight excluding hydrogens is 483 g/mol. The minimum absolute atomic E-state index is 0.0260. The van der Waals surface area contributed by atoms with E-state index in [0.29, 0.717) is 32.2 Å². The molecule has 0 saturated carbocycles. The van der Waals surface area contributed by atoms with Crippen LogP contribution in [0.3, 0.4) is 0 Å². The number of carbonyl (C=O) groups is 2. The molecule has 1 aromatic heterocycles. The standard InChI is InChI=1S/C24H30F3N3O6/c1-15(31)33-12-5-6-13-34-19-10-9-16(14-17(19)24(25,26)27)20-28-21(36-29-20)18-8-7-11-30(18)22(32)35-23(2,3)4/h9-10,14,18H,5-8,11-13H2,1-4H3/t18-/m0/s1. The summed E-state index contributed by atoms with van der Waals surface area (Å²) < 4.78 is 62.1. The largest absolute Gasteiger partial charge is 0.493 e. The van der Waals surface area contributed by atoms with Crippen molar-refractivity contribution in [3.63, 3.8) is 0 Å². The van der Waals surface area contributed by atoms with Gasteiger partial charge >= 0.3 is 18.2 Å². The van der Waals surface area contributed by atoms with Crippen molar-refractivity contribution in [2.24, 2.45) is 0 Å². The highest BCUT2D eigenvalue weighted by Gasteiger charge is 2.38. The molecule has 1 saturated heterocycles. The van der Waals surface area contributed by atoms with Crippen molar-refractivity contribution in [3.8, 4) is 17.1 Å². The van der Waals surface area contributed by atoms with E-state index in [1.165, 1.54) is 24.0 Å². The maximum atomic E-state index is 13.7. The lowest BCUT2D eigenvalue weighted by molar-refractivity contribution is -0.141. The first kappa shape index (κ1) is 27.3. The Bertz CT molecular complexity index is 1060. The van der Waals surface area contributed by atoms with Gasteiger partial charge in [0, 0.05) is 19.0 Å². The van der Waals surface area contributed by atoms with E-state index in [4.69, 9.17) is 18.7 Å². The van der Waals surface area contributed by atoms with Crippen molar-refractivity contribution in [2.75, 3.05) is 19.8 Å². The first-order valence-electron chi connectivity index (χ1n) is 11.7. The van der Waals surface area contributed by atoms with Crippen LogP contribution in [0.15, 0.2) is 22.7 Å². The van der Waals surface area contributed by atoms with Gasteiger partial charge in [-0.3, -0.25) is 9.69 Å². The molecule has 0 aliphatic carbocycles. The number of alkyl halides is 3. The summed E-state index contributed by atoms with van der Waals surface area (Å²) in [5.41, 5.74) is -1.55. The average molecular weight is 514 g/mol. The van der Waals surface area contributed by atoms with Gasteiger partial charge < -0.3 is 18.7 Å². The summed E-state index contributed by atoms with van der Waals surface area (Å²) in [7, 11) is 0. The number of halogens is 3. The molecule has 12 heteroatoms. The van der Waals surface area contributed by atoms with E-state index in [1.54, 1.807) is 20.8 Å². The molecule has 1 aromatic carbocycles. The molecule has 0 unspecified atom stereocenters. The number of hydrogen-bond acceptors (Lipinski definition) is 8. The lowest BCUT2D eigenvalue weighted by atomic mass is 10.1. The molecule has 0 N–H and O–H groups in total. The van der Waals surface area contributed by atoms with Crippen molar-refractivity contribution < 1.29 is 41.5 Å². The second-order valence-corrected chi connectivity index (χ2v) is 9.39. The van der Waals surface area contributed by atoms with E-state index in [9.17, 15) is 22.8 Å². The van der Waals surface area contributed by atoms with E-state index < -0.39 is 35.4 Å². The summed E-state index contributed by atoms with van der Waals surface area (Å²) in [6.07, 6.45) is -3.04. The number of nitrogens with zero attached hydrogens (tertiary/aromatic N) is 3. The van der Waals surface area contributed by atoms with Crippen LogP contribution < -0.4 is 4.74 Å². The SMILES string of the molecule is CC(=O)OCCCCOc1ccc(-c2noc([C@@H]3CCCN3C(=O)OC(C)(C)C)n2)cc1C(F)(F)F. The zero-order valence-corrected chi connectivity index (χ0v) is 20.7. The van der Waals surface area contributed by atoms with Gasteiger partial charge in [-0.25, -0.2) is 4.79 Å². The summed E-state index contributed by atoms with van der Waals surface area (Å²) in [6, 6.07) is 3.02. The molecule has 1 aliphatic rings. The zero-order chi connectivity index (χ0) is 26.5. The number of esters is 1. The molecule has 2 aromatic rings. The van der Waals surface area contributed by atoms with E-state index in [-0.39, 0.29) is 36.2 Å². The molecule has 2 heterocycles. The van der Waals surface area contributed by atoms with E-state index >= 15 is 0 Å². The maximum absolute atomic E-state index is 13.7. The number of hydrogen-bond donors (Lipinski definition) is 0. The van der Waals surface area contributed by atoms with Crippen molar-refractivity contribution in [3.05, 3.63) is 29.7 Å². The molecule has 1 aliphatic heterocycles. The van der Waals surface area contributed by atoms with Gasteiger partial charge in [-0.2, -0.15) is 18.2 Å². The highest BCUT2D eigenvalue weighted by atomic mass is 19.4. The smallest absolute Gasteiger partial charge is 0.419 e.